The SMILES string of the molecule is CC1CCCC(C)C1NCc1nc2ccccc2s1. The van der Waals surface area contributed by atoms with E-state index in [2.05, 4.69) is 43.4 Å². The van der Waals surface area contributed by atoms with Gasteiger partial charge in [0.25, 0.3) is 0 Å². The number of para-hydroxylation sites is 1. The number of nitrogens with zero attached hydrogens (tertiary/aromatic N) is 1. The van der Waals surface area contributed by atoms with Crippen LogP contribution in [0, 0.1) is 11.8 Å². The molecule has 0 aliphatic heterocycles. The van der Waals surface area contributed by atoms with Gasteiger partial charge in [0.1, 0.15) is 5.01 Å². The summed E-state index contributed by atoms with van der Waals surface area (Å²) in [4.78, 5) is 4.70. The van der Waals surface area contributed by atoms with Crippen molar-refractivity contribution in [3.05, 3.63) is 29.3 Å². The molecule has 19 heavy (non-hydrogen) atoms. The number of hydrogen-bond donors (Lipinski definition) is 1. The summed E-state index contributed by atoms with van der Waals surface area (Å²) < 4.78 is 1.30. The monoisotopic (exact) mass is 274 g/mol. The predicted molar refractivity (Wildman–Crippen MR) is 82.4 cm³/mol. The van der Waals surface area contributed by atoms with Crippen LogP contribution in [-0.2, 0) is 6.54 Å². The van der Waals surface area contributed by atoms with E-state index in [1.54, 1.807) is 0 Å². The van der Waals surface area contributed by atoms with E-state index in [0.29, 0.717) is 6.04 Å². The van der Waals surface area contributed by atoms with Crippen LogP contribution in [0.4, 0.5) is 0 Å². The Morgan fingerprint density at radius 3 is 2.68 bits per heavy atom. The zero-order chi connectivity index (χ0) is 13.2. The summed E-state index contributed by atoms with van der Waals surface area (Å²) in [6, 6.07) is 9.05. The van der Waals surface area contributed by atoms with Crippen molar-refractivity contribution in [2.75, 3.05) is 0 Å². The van der Waals surface area contributed by atoms with Gasteiger partial charge in [0.05, 0.1) is 10.2 Å². The van der Waals surface area contributed by atoms with Gasteiger partial charge in [-0.25, -0.2) is 4.98 Å². The van der Waals surface area contributed by atoms with Gasteiger partial charge < -0.3 is 5.32 Å². The average Bonchev–Trinajstić information content (AvgIpc) is 2.81. The number of benzene rings is 1. The lowest BCUT2D eigenvalue weighted by Gasteiger charge is -2.35. The second-order valence-electron chi connectivity index (χ2n) is 5.87. The minimum atomic E-state index is 0.653. The van der Waals surface area contributed by atoms with E-state index >= 15 is 0 Å². The highest BCUT2D eigenvalue weighted by Crippen LogP contribution is 2.29. The molecule has 1 aliphatic rings. The molecule has 3 rings (SSSR count). The standard InChI is InChI=1S/C16H22N2S/c1-11-6-5-7-12(2)16(11)17-10-15-18-13-8-3-4-9-14(13)19-15/h3-4,8-9,11-12,16-17H,5-7,10H2,1-2H3. The molecular weight excluding hydrogens is 252 g/mol. The molecule has 1 aromatic carbocycles. The fraction of sp³-hybridized carbons (Fsp3) is 0.562. The molecule has 1 heterocycles. The number of fused-ring (bicyclic) bond motifs is 1. The molecule has 3 heteroatoms. The summed E-state index contributed by atoms with van der Waals surface area (Å²) >= 11 is 1.81. The number of hydrogen-bond acceptors (Lipinski definition) is 3. The van der Waals surface area contributed by atoms with E-state index in [0.717, 1.165) is 23.9 Å². The van der Waals surface area contributed by atoms with Crippen LogP contribution in [-0.4, -0.2) is 11.0 Å². The fourth-order valence-electron chi connectivity index (χ4n) is 3.28. The highest BCUT2D eigenvalue weighted by atomic mass is 32.1. The molecule has 0 spiro atoms. The molecule has 1 fully saturated rings. The van der Waals surface area contributed by atoms with E-state index in [-0.39, 0.29) is 0 Å². The summed E-state index contributed by atoms with van der Waals surface area (Å²) in [6.45, 7) is 5.68. The highest BCUT2D eigenvalue weighted by molar-refractivity contribution is 7.18. The maximum Gasteiger partial charge on any atom is 0.108 e. The first-order valence-electron chi connectivity index (χ1n) is 7.32. The Kier molecular flexibility index (Phi) is 3.85. The molecule has 2 unspecified atom stereocenters. The lowest BCUT2D eigenvalue weighted by molar-refractivity contribution is 0.207. The Labute approximate surface area is 119 Å². The third-order valence-corrected chi connectivity index (χ3v) is 5.41. The van der Waals surface area contributed by atoms with Gasteiger partial charge in [0.15, 0.2) is 0 Å². The maximum atomic E-state index is 4.70. The Hall–Kier alpha value is -0.930. The van der Waals surface area contributed by atoms with Crippen LogP contribution in [0.15, 0.2) is 24.3 Å². The molecule has 0 amide bonds. The molecule has 0 radical (unpaired) electrons. The minimum Gasteiger partial charge on any atom is -0.307 e. The molecule has 0 saturated heterocycles. The van der Waals surface area contributed by atoms with Gasteiger partial charge >= 0.3 is 0 Å². The Balaban J connectivity index is 1.68. The highest BCUT2D eigenvalue weighted by Gasteiger charge is 2.27. The Morgan fingerprint density at radius 1 is 1.21 bits per heavy atom. The zero-order valence-corrected chi connectivity index (χ0v) is 12.5. The Bertz CT molecular complexity index is 505. The van der Waals surface area contributed by atoms with Gasteiger partial charge in [-0.1, -0.05) is 32.4 Å². The van der Waals surface area contributed by atoms with Gasteiger partial charge in [0.2, 0.25) is 0 Å². The van der Waals surface area contributed by atoms with Crippen molar-refractivity contribution in [2.45, 2.75) is 45.7 Å². The van der Waals surface area contributed by atoms with Crippen molar-refractivity contribution in [1.29, 1.82) is 0 Å². The van der Waals surface area contributed by atoms with Crippen LogP contribution in [0.25, 0.3) is 10.2 Å². The van der Waals surface area contributed by atoms with Crippen LogP contribution in [0.5, 0.6) is 0 Å². The predicted octanol–water partition coefficient (Wildman–Crippen LogP) is 4.21. The first-order valence-corrected chi connectivity index (χ1v) is 8.13. The quantitative estimate of drug-likeness (QED) is 0.907. The third kappa shape index (κ3) is 2.82. The summed E-state index contributed by atoms with van der Waals surface area (Å²) in [5, 5.41) is 4.96. The van der Waals surface area contributed by atoms with E-state index in [9.17, 15) is 0 Å². The van der Waals surface area contributed by atoms with Crippen LogP contribution in [0.1, 0.15) is 38.1 Å². The fourth-order valence-corrected chi connectivity index (χ4v) is 4.20. The maximum absolute atomic E-state index is 4.70. The molecule has 102 valence electrons. The van der Waals surface area contributed by atoms with Crippen molar-refractivity contribution in [3.63, 3.8) is 0 Å². The summed E-state index contributed by atoms with van der Waals surface area (Å²) in [7, 11) is 0. The summed E-state index contributed by atoms with van der Waals surface area (Å²) in [6.07, 6.45) is 4.12. The van der Waals surface area contributed by atoms with Gasteiger partial charge in [-0.05, 0) is 36.8 Å². The summed E-state index contributed by atoms with van der Waals surface area (Å²) in [5.41, 5.74) is 1.13. The first-order chi connectivity index (χ1) is 9.24. The summed E-state index contributed by atoms with van der Waals surface area (Å²) in [5.74, 6) is 1.58. The number of nitrogens with one attached hydrogen (secondary N) is 1. The topological polar surface area (TPSA) is 24.9 Å². The molecule has 1 aliphatic carbocycles. The normalized spacial score (nSPS) is 27.8. The molecule has 0 bridgehead atoms. The average molecular weight is 274 g/mol. The molecule has 1 N–H and O–H groups in total. The van der Waals surface area contributed by atoms with Crippen LogP contribution >= 0.6 is 11.3 Å². The van der Waals surface area contributed by atoms with E-state index in [1.165, 1.54) is 29.0 Å². The van der Waals surface area contributed by atoms with Crippen molar-refractivity contribution in [2.24, 2.45) is 11.8 Å². The largest absolute Gasteiger partial charge is 0.307 e. The van der Waals surface area contributed by atoms with Crippen LogP contribution < -0.4 is 5.32 Å². The van der Waals surface area contributed by atoms with Crippen molar-refractivity contribution >= 4 is 21.6 Å². The van der Waals surface area contributed by atoms with Gasteiger partial charge in [-0.15, -0.1) is 11.3 Å². The lowest BCUT2D eigenvalue weighted by Crippen LogP contribution is -2.42. The van der Waals surface area contributed by atoms with Gasteiger partial charge in [-0.2, -0.15) is 0 Å². The van der Waals surface area contributed by atoms with E-state index in [1.807, 2.05) is 11.3 Å². The Morgan fingerprint density at radius 2 is 1.95 bits per heavy atom. The molecule has 1 saturated carbocycles. The van der Waals surface area contributed by atoms with Gasteiger partial charge in [0, 0.05) is 12.6 Å². The van der Waals surface area contributed by atoms with E-state index in [4.69, 9.17) is 4.98 Å². The van der Waals surface area contributed by atoms with Crippen LogP contribution in [0.2, 0.25) is 0 Å². The number of rotatable bonds is 3. The number of thiazole rings is 1. The van der Waals surface area contributed by atoms with Crippen molar-refractivity contribution < 1.29 is 0 Å². The van der Waals surface area contributed by atoms with Crippen molar-refractivity contribution in [1.82, 2.24) is 10.3 Å². The van der Waals surface area contributed by atoms with E-state index < -0.39 is 0 Å². The number of aromatic nitrogens is 1. The third-order valence-electron chi connectivity index (χ3n) is 4.37. The molecule has 2 nitrogen and oxygen atoms in total. The van der Waals surface area contributed by atoms with Crippen molar-refractivity contribution in [3.8, 4) is 0 Å². The molecule has 1 aromatic heterocycles. The second kappa shape index (κ2) is 5.59. The zero-order valence-electron chi connectivity index (χ0n) is 11.7. The minimum absolute atomic E-state index is 0.653. The van der Waals surface area contributed by atoms with Crippen LogP contribution in [0.3, 0.4) is 0 Å². The molecule has 2 aromatic rings. The lowest BCUT2D eigenvalue weighted by atomic mass is 9.79. The molecular formula is C16H22N2S. The second-order valence-corrected chi connectivity index (χ2v) is 6.98. The smallest absolute Gasteiger partial charge is 0.108 e. The molecule has 2 atom stereocenters. The van der Waals surface area contributed by atoms with Gasteiger partial charge in [-0.3, -0.25) is 0 Å². The first kappa shape index (κ1) is 13.1.